The molecule has 0 heterocycles. The molecule has 0 aromatic carbocycles. The Hall–Kier alpha value is -1.06. The molecule has 0 spiro atoms. The van der Waals surface area contributed by atoms with Gasteiger partial charge < -0.3 is 10.4 Å². The summed E-state index contributed by atoms with van der Waals surface area (Å²) in [6, 6.07) is 0. The number of aliphatic carboxylic acids is 1. The predicted octanol–water partition coefficient (Wildman–Crippen LogP) is 3.25. The number of carbonyl (C=O) groups is 2. The molecule has 20 heavy (non-hydrogen) atoms. The van der Waals surface area contributed by atoms with E-state index in [2.05, 4.69) is 5.32 Å². The van der Waals surface area contributed by atoms with Crippen molar-refractivity contribution in [3.63, 3.8) is 0 Å². The second-order valence-electron chi connectivity index (χ2n) is 6.54. The summed E-state index contributed by atoms with van der Waals surface area (Å²) >= 11 is 0. The van der Waals surface area contributed by atoms with Crippen molar-refractivity contribution in [2.45, 2.75) is 82.6 Å². The molecule has 0 aliphatic heterocycles. The number of rotatable bonds is 5. The maximum atomic E-state index is 12.1. The monoisotopic (exact) mass is 281 g/mol. The maximum absolute atomic E-state index is 12.1. The first-order valence-corrected chi connectivity index (χ1v) is 8.17. The van der Waals surface area contributed by atoms with E-state index in [1.807, 2.05) is 0 Å². The highest BCUT2D eigenvalue weighted by Crippen LogP contribution is 2.30. The van der Waals surface area contributed by atoms with Crippen molar-refractivity contribution in [2.75, 3.05) is 0 Å². The molecule has 2 aliphatic rings. The number of carboxylic acids is 1. The topological polar surface area (TPSA) is 66.4 Å². The van der Waals surface area contributed by atoms with Gasteiger partial charge in [0, 0.05) is 6.42 Å². The van der Waals surface area contributed by atoms with Gasteiger partial charge in [-0.15, -0.1) is 0 Å². The molecule has 2 N–H and O–H groups in total. The number of nitrogens with one attached hydrogen (secondary N) is 1. The Morgan fingerprint density at radius 3 is 2.15 bits per heavy atom. The lowest BCUT2D eigenvalue weighted by Crippen LogP contribution is -2.54. The fraction of sp³-hybridized carbons (Fsp3) is 0.875. The summed E-state index contributed by atoms with van der Waals surface area (Å²) in [6.07, 6.45) is 11.5. The lowest BCUT2D eigenvalue weighted by Gasteiger charge is -2.29. The average molecular weight is 281 g/mol. The third kappa shape index (κ3) is 3.97. The van der Waals surface area contributed by atoms with Gasteiger partial charge in [0.25, 0.3) is 0 Å². The van der Waals surface area contributed by atoms with Crippen LogP contribution in [0.25, 0.3) is 0 Å². The van der Waals surface area contributed by atoms with Crippen molar-refractivity contribution >= 4 is 11.9 Å². The van der Waals surface area contributed by atoms with Crippen LogP contribution >= 0.6 is 0 Å². The molecule has 0 aromatic heterocycles. The summed E-state index contributed by atoms with van der Waals surface area (Å²) in [6.45, 7) is 0. The van der Waals surface area contributed by atoms with Crippen LogP contribution in [0, 0.1) is 5.92 Å². The van der Waals surface area contributed by atoms with Gasteiger partial charge in [-0.3, -0.25) is 4.79 Å². The van der Waals surface area contributed by atoms with Crippen LogP contribution in [0.1, 0.15) is 77.0 Å². The van der Waals surface area contributed by atoms with Gasteiger partial charge in [0.05, 0.1) is 0 Å². The van der Waals surface area contributed by atoms with Crippen molar-refractivity contribution in [2.24, 2.45) is 5.92 Å². The van der Waals surface area contributed by atoms with Gasteiger partial charge in [-0.25, -0.2) is 4.79 Å². The summed E-state index contributed by atoms with van der Waals surface area (Å²) in [5.74, 6) is -0.245. The highest BCUT2D eigenvalue weighted by atomic mass is 16.4. The number of carboxylic acid groups (broad SMARTS) is 1. The fourth-order valence-corrected chi connectivity index (χ4v) is 3.69. The molecule has 4 heteroatoms. The fourth-order valence-electron chi connectivity index (χ4n) is 3.69. The summed E-state index contributed by atoms with van der Waals surface area (Å²) in [7, 11) is 0. The third-order valence-corrected chi connectivity index (χ3v) is 5.00. The van der Waals surface area contributed by atoms with E-state index >= 15 is 0 Å². The Morgan fingerprint density at radius 2 is 1.60 bits per heavy atom. The third-order valence-electron chi connectivity index (χ3n) is 5.00. The minimum absolute atomic E-state index is 0.0683. The van der Waals surface area contributed by atoms with Gasteiger partial charge in [-0.05, 0) is 25.2 Å². The SMILES string of the molecule is O=C(CCC1CCCC1)NC1(C(=O)O)CCCCCC1. The van der Waals surface area contributed by atoms with E-state index in [1.54, 1.807) is 0 Å². The lowest BCUT2D eigenvalue weighted by atomic mass is 9.89. The Labute approximate surface area is 121 Å². The summed E-state index contributed by atoms with van der Waals surface area (Å²) in [5.41, 5.74) is -0.997. The van der Waals surface area contributed by atoms with Crippen molar-refractivity contribution in [1.82, 2.24) is 5.32 Å². The van der Waals surface area contributed by atoms with Crippen LogP contribution in [0.4, 0.5) is 0 Å². The molecule has 0 saturated heterocycles. The van der Waals surface area contributed by atoms with Crippen molar-refractivity contribution < 1.29 is 14.7 Å². The zero-order valence-corrected chi connectivity index (χ0v) is 12.3. The van der Waals surface area contributed by atoms with E-state index in [4.69, 9.17) is 0 Å². The first-order valence-electron chi connectivity index (χ1n) is 8.17. The van der Waals surface area contributed by atoms with E-state index < -0.39 is 11.5 Å². The van der Waals surface area contributed by atoms with Gasteiger partial charge in [0.1, 0.15) is 5.54 Å². The van der Waals surface area contributed by atoms with Crippen LogP contribution in [-0.2, 0) is 9.59 Å². The largest absolute Gasteiger partial charge is 0.480 e. The van der Waals surface area contributed by atoms with E-state index in [1.165, 1.54) is 25.7 Å². The maximum Gasteiger partial charge on any atom is 0.329 e. The zero-order valence-electron chi connectivity index (χ0n) is 12.3. The summed E-state index contributed by atoms with van der Waals surface area (Å²) in [4.78, 5) is 23.7. The van der Waals surface area contributed by atoms with Crippen molar-refractivity contribution in [1.29, 1.82) is 0 Å². The Bertz CT molecular complexity index is 340. The van der Waals surface area contributed by atoms with Gasteiger partial charge in [-0.2, -0.15) is 0 Å². The molecule has 0 bridgehead atoms. The van der Waals surface area contributed by atoms with Gasteiger partial charge in [0.2, 0.25) is 5.91 Å². The smallest absolute Gasteiger partial charge is 0.329 e. The van der Waals surface area contributed by atoms with E-state index in [0.29, 0.717) is 25.2 Å². The molecule has 0 radical (unpaired) electrons. The highest BCUT2D eigenvalue weighted by molar-refractivity contribution is 5.87. The molecule has 0 atom stereocenters. The molecule has 2 saturated carbocycles. The molecule has 2 aliphatic carbocycles. The highest BCUT2D eigenvalue weighted by Gasteiger charge is 2.39. The number of hydrogen-bond acceptors (Lipinski definition) is 2. The van der Waals surface area contributed by atoms with Gasteiger partial charge in [0.15, 0.2) is 0 Å². The minimum atomic E-state index is -0.997. The van der Waals surface area contributed by atoms with Gasteiger partial charge in [-0.1, -0.05) is 51.4 Å². The molecular weight excluding hydrogens is 254 g/mol. The van der Waals surface area contributed by atoms with Crippen LogP contribution < -0.4 is 5.32 Å². The van der Waals surface area contributed by atoms with E-state index in [0.717, 1.165) is 32.1 Å². The Morgan fingerprint density at radius 1 is 1.00 bits per heavy atom. The average Bonchev–Trinajstić information content (AvgIpc) is 2.82. The molecular formula is C16H27NO3. The molecule has 114 valence electrons. The van der Waals surface area contributed by atoms with E-state index in [-0.39, 0.29) is 5.91 Å². The molecule has 2 rings (SSSR count). The minimum Gasteiger partial charge on any atom is -0.480 e. The summed E-state index contributed by atoms with van der Waals surface area (Å²) < 4.78 is 0. The second-order valence-corrected chi connectivity index (χ2v) is 6.54. The van der Waals surface area contributed by atoms with Crippen LogP contribution in [-0.4, -0.2) is 22.5 Å². The van der Waals surface area contributed by atoms with Crippen LogP contribution in [0.3, 0.4) is 0 Å². The number of carbonyl (C=O) groups excluding carboxylic acids is 1. The van der Waals surface area contributed by atoms with Crippen LogP contribution in [0.5, 0.6) is 0 Å². The standard InChI is InChI=1S/C16H27NO3/c18-14(10-9-13-7-3-4-8-13)17-16(15(19)20)11-5-1-2-6-12-16/h13H,1-12H2,(H,17,18)(H,19,20). The Kier molecular flexibility index (Phi) is 5.44. The normalized spacial score (nSPS) is 23.2. The number of hydrogen-bond donors (Lipinski definition) is 2. The van der Waals surface area contributed by atoms with Crippen molar-refractivity contribution in [3.05, 3.63) is 0 Å². The van der Waals surface area contributed by atoms with Crippen LogP contribution in [0.2, 0.25) is 0 Å². The first-order chi connectivity index (χ1) is 9.62. The predicted molar refractivity (Wildman–Crippen MR) is 77.4 cm³/mol. The molecule has 4 nitrogen and oxygen atoms in total. The number of amides is 1. The lowest BCUT2D eigenvalue weighted by molar-refractivity contribution is -0.148. The van der Waals surface area contributed by atoms with Crippen molar-refractivity contribution in [3.8, 4) is 0 Å². The van der Waals surface area contributed by atoms with E-state index in [9.17, 15) is 14.7 Å². The van der Waals surface area contributed by atoms with Gasteiger partial charge >= 0.3 is 5.97 Å². The molecule has 1 amide bonds. The zero-order chi connectivity index (χ0) is 14.4. The molecule has 0 unspecified atom stereocenters. The summed E-state index contributed by atoms with van der Waals surface area (Å²) in [5, 5.41) is 12.4. The second kappa shape index (κ2) is 7.09. The molecule has 2 fully saturated rings. The molecule has 0 aromatic rings. The van der Waals surface area contributed by atoms with Crippen LogP contribution in [0.15, 0.2) is 0 Å². The Balaban J connectivity index is 1.86. The first kappa shape index (κ1) is 15.3. The quantitative estimate of drug-likeness (QED) is 0.760.